The summed E-state index contributed by atoms with van der Waals surface area (Å²) in [6.07, 6.45) is 0. The Morgan fingerprint density at radius 3 is 2.29 bits per heavy atom. The van der Waals surface area contributed by atoms with Gasteiger partial charge in [-0.2, -0.15) is 0 Å². The van der Waals surface area contributed by atoms with Crippen molar-refractivity contribution >= 4 is 44.8 Å². The molecule has 4 aromatic carbocycles. The fraction of sp³-hybridized carbons (Fsp3) is 0.0741. The number of anilines is 2. The minimum atomic E-state index is -0.287. The summed E-state index contributed by atoms with van der Waals surface area (Å²) in [7, 11) is 0. The number of para-hydroxylation sites is 2. The second-order valence-electron chi connectivity index (χ2n) is 7.37. The number of carbonyl (C=O) groups excluding carboxylic acids is 1. The molecule has 0 saturated carbocycles. The zero-order valence-corrected chi connectivity index (χ0v) is 20.5. The fourth-order valence-corrected chi connectivity index (χ4v) is 3.86. The number of amides is 1. The van der Waals surface area contributed by atoms with Crippen molar-refractivity contribution in [1.82, 2.24) is 0 Å². The van der Waals surface area contributed by atoms with Crippen molar-refractivity contribution < 1.29 is 14.3 Å². The Hall–Kier alpha value is -3.48. The van der Waals surface area contributed by atoms with Gasteiger partial charge in [0.1, 0.15) is 17.2 Å². The molecule has 0 saturated heterocycles. The maximum atomic E-state index is 12.2. The lowest BCUT2D eigenvalue weighted by Crippen LogP contribution is -2.20. The molecule has 0 aliphatic heterocycles. The summed E-state index contributed by atoms with van der Waals surface area (Å²) in [4.78, 5) is 12.2. The van der Waals surface area contributed by atoms with Crippen molar-refractivity contribution in [3.8, 4) is 17.2 Å². The van der Waals surface area contributed by atoms with E-state index in [-0.39, 0.29) is 12.5 Å². The van der Waals surface area contributed by atoms with E-state index in [9.17, 15) is 4.79 Å². The van der Waals surface area contributed by atoms with E-state index in [1.54, 1.807) is 24.3 Å². The number of ether oxygens (including phenoxy) is 2. The molecule has 5 nitrogen and oxygen atoms in total. The molecule has 0 radical (unpaired) electrons. The van der Waals surface area contributed by atoms with E-state index in [4.69, 9.17) is 21.1 Å². The van der Waals surface area contributed by atoms with Crippen LogP contribution >= 0.6 is 27.5 Å². The monoisotopic (exact) mass is 536 g/mol. The Morgan fingerprint density at radius 2 is 1.56 bits per heavy atom. The highest BCUT2D eigenvalue weighted by atomic mass is 79.9. The molecule has 0 aliphatic carbocycles. The van der Waals surface area contributed by atoms with Gasteiger partial charge >= 0.3 is 0 Å². The number of carbonyl (C=O) groups is 1. The van der Waals surface area contributed by atoms with Crippen molar-refractivity contribution in [2.45, 2.75) is 6.54 Å². The molecule has 4 rings (SSSR count). The lowest BCUT2D eigenvalue weighted by atomic mass is 10.2. The van der Waals surface area contributed by atoms with Crippen LogP contribution in [-0.2, 0) is 11.3 Å². The van der Waals surface area contributed by atoms with Crippen LogP contribution in [0.4, 0.5) is 11.4 Å². The summed E-state index contributed by atoms with van der Waals surface area (Å²) >= 11 is 9.59. The van der Waals surface area contributed by atoms with Crippen LogP contribution in [0.2, 0.25) is 5.02 Å². The van der Waals surface area contributed by atoms with Crippen molar-refractivity contribution in [2.24, 2.45) is 0 Å². The molecule has 0 aliphatic rings. The van der Waals surface area contributed by atoms with Gasteiger partial charge in [-0.05, 0) is 82.2 Å². The van der Waals surface area contributed by atoms with Gasteiger partial charge < -0.3 is 20.1 Å². The third kappa shape index (κ3) is 6.76. The quantitative estimate of drug-likeness (QED) is 0.232. The summed E-state index contributed by atoms with van der Waals surface area (Å²) in [6.45, 7) is 0.504. The topological polar surface area (TPSA) is 59.6 Å². The predicted octanol–water partition coefficient (Wildman–Crippen LogP) is 7.52. The Balaban J connectivity index is 1.26. The van der Waals surface area contributed by atoms with E-state index < -0.39 is 0 Å². The second-order valence-corrected chi connectivity index (χ2v) is 8.64. The van der Waals surface area contributed by atoms with Gasteiger partial charge in [0.05, 0.1) is 15.2 Å². The third-order valence-corrected chi connectivity index (χ3v) is 5.78. The molecule has 7 heteroatoms. The molecule has 0 aromatic heterocycles. The highest BCUT2D eigenvalue weighted by Gasteiger charge is 2.09. The van der Waals surface area contributed by atoms with Gasteiger partial charge in [0.15, 0.2) is 6.61 Å². The number of rotatable bonds is 9. The molecular weight excluding hydrogens is 516 g/mol. The largest absolute Gasteiger partial charge is 0.483 e. The first-order chi connectivity index (χ1) is 16.6. The molecule has 0 atom stereocenters. The van der Waals surface area contributed by atoms with Crippen LogP contribution in [0, 0.1) is 0 Å². The van der Waals surface area contributed by atoms with E-state index in [1.807, 2.05) is 72.8 Å². The Kier molecular flexibility index (Phi) is 8.07. The van der Waals surface area contributed by atoms with Crippen molar-refractivity contribution in [1.29, 1.82) is 0 Å². The SMILES string of the molecule is O=C(COc1ccc(CNc2ccc(Oc3ccccc3)cc2)cc1Br)Nc1ccccc1Cl. The molecule has 0 spiro atoms. The zero-order valence-electron chi connectivity index (χ0n) is 18.1. The first-order valence-electron chi connectivity index (χ1n) is 10.6. The van der Waals surface area contributed by atoms with E-state index in [1.165, 1.54) is 0 Å². The fourth-order valence-electron chi connectivity index (χ4n) is 3.13. The van der Waals surface area contributed by atoms with Gasteiger partial charge in [-0.15, -0.1) is 0 Å². The van der Waals surface area contributed by atoms with Gasteiger partial charge in [-0.1, -0.05) is 48.0 Å². The van der Waals surface area contributed by atoms with Gasteiger partial charge in [0, 0.05) is 12.2 Å². The van der Waals surface area contributed by atoms with Crippen molar-refractivity contribution in [3.05, 3.63) is 112 Å². The molecule has 1 amide bonds. The number of nitrogens with one attached hydrogen (secondary N) is 2. The van der Waals surface area contributed by atoms with Crippen molar-refractivity contribution in [2.75, 3.05) is 17.2 Å². The van der Waals surface area contributed by atoms with E-state index in [0.29, 0.717) is 23.0 Å². The maximum Gasteiger partial charge on any atom is 0.262 e. The zero-order chi connectivity index (χ0) is 23.8. The molecule has 0 unspecified atom stereocenters. The number of halogens is 2. The molecular formula is C27H22BrClN2O3. The summed E-state index contributed by atoms with van der Waals surface area (Å²) in [6, 6.07) is 30.3. The number of hydrogen-bond acceptors (Lipinski definition) is 4. The van der Waals surface area contributed by atoms with Gasteiger partial charge in [0.2, 0.25) is 0 Å². The van der Waals surface area contributed by atoms with E-state index >= 15 is 0 Å². The Bertz CT molecular complexity index is 1250. The lowest BCUT2D eigenvalue weighted by molar-refractivity contribution is -0.118. The Morgan fingerprint density at radius 1 is 0.853 bits per heavy atom. The Labute approximate surface area is 211 Å². The lowest BCUT2D eigenvalue weighted by Gasteiger charge is -2.12. The predicted molar refractivity (Wildman–Crippen MR) is 140 cm³/mol. The van der Waals surface area contributed by atoms with Gasteiger partial charge in [-0.25, -0.2) is 0 Å². The average molecular weight is 538 g/mol. The van der Waals surface area contributed by atoms with Crippen molar-refractivity contribution in [3.63, 3.8) is 0 Å². The molecule has 0 bridgehead atoms. The third-order valence-electron chi connectivity index (χ3n) is 4.83. The second kappa shape index (κ2) is 11.6. The highest BCUT2D eigenvalue weighted by molar-refractivity contribution is 9.10. The minimum absolute atomic E-state index is 0.126. The van der Waals surface area contributed by atoms with E-state index in [0.717, 1.165) is 27.2 Å². The first kappa shape index (κ1) is 23.7. The van der Waals surface area contributed by atoms with E-state index in [2.05, 4.69) is 26.6 Å². The standard InChI is InChI=1S/C27H22BrClN2O3/c28-23-16-19(10-15-26(23)33-18-27(32)31-25-9-5-4-8-24(25)29)17-30-20-11-13-22(14-12-20)34-21-6-2-1-3-7-21/h1-16,30H,17-18H2,(H,31,32). The van der Waals surface area contributed by atoms with Crippen LogP contribution in [0.3, 0.4) is 0 Å². The number of benzene rings is 4. The van der Waals surface area contributed by atoms with Gasteiger partial charge in [0.25, 0.3) is 5.91 Å². The molecule has 4 aromatic rings. The summed E-state index contributed by atoms with van der Waals surface area (Å²) in [5, 5.41) is 6.60. The molecule has 172 valence electrons. The van der Waals surface area contributed by atoms with Crippen LogP contribution in [0.1, 0.15) is 5.56 Å². The first-order valence-corrected chi connectivity index (χ1v) is 11.8. The summed E-state index contributed by atoms with van der Waals surface area (Å²) in [5.74, 6) is 1.88. The summed E-state index contributed by atoms with van der Waals surface area (Å²) < 4.78 is 12.2. The minimum Gasteiger partial charge on any atom is -0.483 e. The average Bonchev–Trinajstić information content (AvgIpc) is 2.85. The maximum absolute atomic E-state index is 12.2. The molecule has 0 fully saturated rings. The smallest absolute Gasteiger partial charge is 0.262 e. The number of hydrogen-bond donors (Lipinski definition) is 2. The molecule has 34 heavy (non-hydrogen) atoms. The molecule has 2 N–H and O–H groups in total. The van der Waals surface area contributed by atoms with Crippen LogP contribution in [0.5, 0.6) is 17.2 Å². The van der Waals surface area contributed by atoms with Crippen LogP contribution in [-0.4, -0.2) is 12.5 Å². The normalized spacial score (nSPS) is 10.4. The molecule has 0 heterocycles. The van der Waals surface area contributed by atoms with Crippen LogP contribution in [0.15, 0.2) is 102 Å². The summed E-state index contributed by atoms with van der Waals surface area (Å²) in [5.41, 5.74) is 2.59. The van der Waals surface area contributed by atoms with Gasteiger partial charge in [-0.3, -0.25) is 4.79 Å². The van der Waals surface area contributed by atoms with Crippen LogP contribution < -0.4 is 20.1 Å². The highest BCUT2D eigenvalue weighted by Crippen LogP contribution is 2.27. The van der Waals surface area contributed by atoms with Crippen LogP contribution in [0.25, 0.3) is 0 Å².